The molecule has 0 saturated heterocycles. The number of aromatic nitrogens is 1. The minimum atomic E-state index is 0.0943. The second kappa shape index (κ2) is 3.77. The van der Waals surface area contributed by atoms with E-state index < -0.39 is 0 Å². The van der Waals surface area contributed by atoms with E-state index in [9.17, 15) is 4.79 Å². The number of carbonyl (C=O) groups is 1. The fourth-order valence-electron chi connectivity index (χ4n) is 2.36. The molecule has 0 atom stereocenters. The lowest BCUT2D eigenvalue weighted by molar-refractivity contribution is 0.103. The Balaban J connectivity index is 2.06. The predicted molar refractivity (Wildman–Crippen MR) is 67.5 cm³/mol. The number of hydrogen-bond acceptors (Lipinski definition) is 2. The lowest BCUT2D eigenvalue weighted by Crippen LogP contribution is -2.03. The number of nitrogens with zero attached hydrogens (tertiary/aromatic N) is 1. The number of ketones is 1. The first-order valence-electron chi connectivity index (χ1n) is 5.81. The van der Waals surface area contributed by atoms with Crippen LogP contribution in [0, 0.1) is 6.92 Å². The molecule has 0 amide bonds. The number of carbonyl (C=O) groups excluding carboxylic acids is 1. The molecule has 3 rings (SSSR count). The Hall–Kier alpha value is -2.03. The van der Waals surface area contributed by atoms with Crippen molar-refractivity contribution in [3.8, 4) is 0 Å². The number of hydrogen-bond donors (Lipinski definition) is 1. The van der Waals surface area contributed by atoms with Crippen LogP contribution in [0.1, 0.15) is 21.6 Å². The van der Waals surface area contributed by atoms with Crippen molar-refractivity contribution in [1.82, 2.24) is 4.57 Å². The number of nitrogens with one attached hydrogen (secondary N) is 1. The summed E-state index contributed by atoms with van der Waals surface area (Å²) in [5, 5.41) is 3.28. The number of rotatable bonds is 2. The smallest absolute Gasteiger partial charge is 0.196 e. The first kappa shape index (κ1) is 10.1. The second-order valence-electron chi connectivity index (χ2n) is 4.32. The average molecular weight is 226 g/mol. The maximum Gasteiger partial charge on any atom is 0.196 e. The van der Waals surface area contributed by atoms with Gasteiger partial charge in [-0.3, -0.25) is 4.79 Å². The van der Waals surface area contributed by atoms with Crippen LogP contribution in [0.5, 0.6) is 0 Å². The van der Waals surface area contributed by atoms with Crippen LogP contribution in [-0.4, -0.2) is 16.9 Å². The van der Waals surface area contributed by atoms with Crippen LogP contribution in [0.2, 0.25) is 0 Å². The van der Waals surface area contributed by atoms with E-state index in [-0.39, 0.29) is 5.78 Å². The third-order valence-corrected chi connectivity index (χ3v) is 3.21. The van der Waals surface area contributed by atoms with Crippen molar-refractivity contribution < 1.29 is 4.79 Å². The normalized spacial score (nSPS) is 13.2. The summed E-state index contributed by atoms with van der Waals surface area (Å²) in [5.41, 5.74) is 2.67. The number of benzene rings is 1. The van der Waals surface area contributed by atoms with E-state index in [2.05, 4.69) is 9.88 Å². The highest BCUT2D eigenvalue weighted by Crippen LogP contribution is 2.27. The third kappa shape index (κ3) is 1.55. The maximum atomic E-state index is 12.4. The molecule has 0 saturated carbocycles. The van der Waals surface area contributed by atoms with Crippen LogP contribution in [0.4, 0.5) is 5.82 Å². The van der Waals surface area contributed by atoms with Gasteiger partial charge in [-0.25, -0.2) is 0 Å². The SMILES string of the molecule is Cc1cc(C(=O)c2ccccc2)c2n1CCN2. The zero-order valence-electron chi connectivity index (χ0n) is 9.73. The van der Waals surface area contributed by atoms with E-state index in [1.165, 1.54) is 0 Å². The highest BCUT2D eigenvalue weighted by atomic mass is 16.1. The molecule has 3 heteroatoms. The van der Waals surface area contributed by atoms with Crippen molar-refractivity contribution in [2.24, 2.45) is 0 Å². The fourth-order valence-corrected chi connectivity index (χ4v) is 2.36. The standard InChI is InChI=1S/C14H14N2O/c1-10-9-12(14-15-7-8-16(10)14)13(17)11-5-3-2-4-6-11/h2-6,9,15H,7-8H2,1H3. The molecular weight excluding hydrogens is 212 g/mol. The maximum absolute atomic E-state index is 12.4. The predicted octanol–water partition coefficient (Wildman–Crippen LogP) is 2.45. The van der Waals surface area contributed by atoms with Crippen LogP contribution >= 0.6 is 0 Å². The van der Waals surface area contributed by atoms with Gasteiger partial charge < -0.3 is 9.88 Å². The molecule has 1 aliphatic rings. The van der Waals surface area contributed by atoms with Gasteiger partial charge in [-0.2, -0.15) is 0 Å². The van der Waals surface area contributed by atoms with Crippen LogP contribution in [-0.2, 0) is 6.54 Å². The summed E-state index contributed by atoms with van der Waals surface area (Å²) in [7, 11) is 0. The highest BCUT2D eigenvalue weighted by molar-refractivity contribution is 6.12. The topological polar surface area (TPSA) is 34.0 Å². The van der Waals surface area contributed by atoms with Crippen molar-refractivity contribution in [3.05, 3.63) is 53.2 Å². The van der Waals surface area contributed by atoms with E-state index in [1.807, 2.05) is 43.3 Å². The van der Waals surface area contributed by atoms with E-state index in [0.717, 1.165) is 35.7 Å². The Morgan fingerprint density at radius 1 is 1.29 bits per heavy atom. The number of anilines is 1. The molecule has 1 aromatic carbocycles. The number of fused-ring (bicyclic) bond motifs is 1. The molecule has 0 radical (unpaired) electrons. The van der Waals surface area contributed by atoms with Crippen molar-refractivity contribution in [2.75, 3.05) is 11.9 Å². The molecule has 0 fully saturated rings. The zero-order valence-corrected chi connectivity index (χ0v) is 9.73. The summed E-state index contributed by atoms with van der Waals surface area (Å²) in [4.78, 5) is 12.4. The summed E-state index contributed by atoms with van der Waals surface area (Å²) >= 11 is 0. The van der Waals surface area contributed by atoms with Gasteiger partial charge in [-0.05, 0) is 13.0 Å². The van der Waals surface area contributed by atoms with Crippen molar-refractivity contribution in [1.29, 1.82) is 0 Å². The average Bonchev–Trinajstić information content (AvgIpc) is 2.94. The molecule has 1 aromatic heterocycles. The van der Waals surface area contributed by atoms with E-state index in [4.69, 9.17) is 0 Å². The molecule has 0 spiro atoms. The molecule has 3 nitrogen and oxygen atoms in total. The van der Waals surface area contributed by atoms with E-state index >= 15 is 0 Å². The summed E-state index contributed by atoms with van der Waals surface area (Å²) in [6.07, 6.45) is 0. The third-order valence-electron chi connectivity index (χ3n) is 3.21. The van der Waals surface area contributed by atoms with Gasteiger partial charge in [-0.15, -0.1) is 0 Å². The van der Waals surface area contributed by atoms with Gasteiger partial charge in [-0.1, -0.05) is 30.3 Å². The summed E-state index contributed by atoms with van der Waals surface area (Å²) in [6, 6.07) is 11.4. The molecule has 2 aromatic rings. The fraction of sp³-hybridized carbons (Fsp3) is 0.214. The summed E-state index contributed by atoms with van der Waals surface area (Å²) < 4.78 is 2.16. The van der Waals surface area contributed by atoms with Gasteiger partial charge in [0.25, 0.3) is 0 Å². The minimum Gasteiger partial charge on any atom is -0.369 e. The molecular formula is C14H14N2O. The zero-order chi connectivity index (χ0) is 11.8. The van der Waals surface area contributed by atoms with Crippen molar-refractivity contribution in [2.45, 2.75) is 13.5 Å². The Labute approximate surface area is 100 Å². The van der Waals surface area contributed by atoms with Gasteiger partial charge in [0.1, 0.15) is 5.82 Å². The highest BCUT2D eigenvalue weighted by Gasteiger charge is 2.22. The van der Waals surface area contributed by atoms with E-state index in [0.29, 0.717) is 0 Å². The van der Waals surface area contributed by atoms with Crippen molar-refractivity contribution >= 4 is 11.6 Å². The number of aryl methyl sites for hydroxylation is 1. The van der Waals surface area contributed by atoms with Gasteiger partial charge in [0, 0.05) is 24.3 Å². The quantitative estimate of drug-likeness (QED) is 0.798. The Morgan fingerprint density at radius 3 is 2.82 bits per heavy atom. The molecule has 17 heavy (non-hydrogen) atoms. The van der Waals surface area contributed by atoms with Crippen LogP contribution < -0.4 is 5.32 Å². The molecule has 1 N–H and O–H groups in total. The van der Waals surface area contributed by atoms with Gasteiger partial charge in [0.15, 0.2) is 5.78 Å². The van der Waals surface area contributed by atoms with Crippen molar-refractivity contribution in [3.63, 3.8) is 0 Å². The van der Waals surface area contributed by atoms with Crippen LogP contribution in [0.3, 0.4) is 0 Å². The monoisotopic (exact) mass is 226 g/mol. The first-order chi connectivity index (χ1) is 8.27. The molecule has 86 valence electrons. The van der Waals surface area contributed by atoms with Crippen LogP contribution in [0.25, 0.3) is 0 Å². The Bertz CT molecular complexity index is 569. The lowest BCUT2D eigenvalue weighted by atomic mass is 10.1. The van der Waals surface area contributed by atoms with Gasteiger partial charge >= 0.3 is 0 Å². The molecule has 0 bridgehead atoms. The Kier molecular flexibility index (Phi) is 2.25. The van der Waals surface area contributed by atoms with Gasteiger partial charge in [0.2, 0.25) is 0 Å². The van der Waals surface area contributed by atoms with E-state index in [1.54, 1.807) is 0 Å². The van der Waals surface area contributed by atoms with Gasteiger partial charge in [0.05, 0.1) is 5.56 Å². The first-order valence-corrected chi connectivity index (χ1v) is 5.81. The Morgan fingerprint density at radius 2 is 2.06 bits per heavy atom. The molecule has 2 heterocycles. The lowest BCUT2D eigenvalue weighted by Gasteiger charge is -2.02. The molecule has 0 aliphatic carbocycles. The summed E-state index contributed by atoms with van der Waals surface area (Å²) in [6.45, 7) is 3.90. The summed E-state index contributed by atoms with van der Waals surface area (Å²) in [5.74, 6) is 1.06. The molecule has 0 unspecified atom stereocenters. The largest absolute Gasteiger partial charge is 0.369 e. The molecule has 1 aliphatic heterocycles. The second-order valence-corrected chi connectivity index (χ2v) is 4.32. The minimum absolute atomic E-state index is 0.0943. The van der Waals surface area contributed by atoms with Crippen LogP contribution in [0.15, 0.2) is 36.4 Å².